The molecule has 0 aromatic carbocycles. The Bertz CT molecular complexity index is 101. The summed E-state index contributed by atoms with van der Waals surface area (Å²) in [5.74, 6) is 0. The fraction of sp³-hybridized carbons (Fsp3) is 0.900. The van der Waals surface area contributed by atoms with Gasteiger partial charge in [0.05, 0.1) is 6.07 Å². The van der Waals surface area contributed by atoms with Gasteiger partial charge in [-0.3, -0.25) is 0 Å². The van der Waals surface area contributed by atoms with Gasteiger partial charge >= 0.3 is 0 Å². The van der Waals surface area contributed by atoms with Crippen LogP contribution in [0, 0.1) is 11.3 Å². The van der Waals surface area contributed by atoms with Crippen molar-refractivity contribution >= 4 is 0 Å². The van der Waals surface area contributed by atoms with Crippen molar-refractivity contribution in [1.82, 2.24) is 0 Å². The lowest BCUT2D eigenvalue weighted by Gasteiger charge is -1.99. The standard InChI is InChI=1S/C5H13N.C3H8O.C2H3N/c1-3-5(6)4-2;1-3(2)4;1-2-3/h5H,3-4,6H2,1-2H3;3-4H,1-2H3;1H3. The van der Waals surface area contributed by atoms with Crippen LogP contribution in [0.25, 0.3) is 0 Å². The molecule has 3 heteroatoms. The van der Waals surface area contributed by atoms with Crippen molar-refractivity contribution in [1.29, 1.82) is 5.26 Å². The van der Waals surface area contributed by atoms with Crippen LogP contribution in [0.2, 0.25) is 0 Å². The molecule has 0 saturated heterocycles. The number of nitrogens with zero attached hydrogens (tertiary/aromatic N) is 1. The van der Waals surface area contributed by atoms with Crippen LogP contribution in [0.15, 0.2) is 0 Å². The van der Waals surface area contributed by atoms with E-state index in [4.69, 9.17) is 16.1 Å². The van der Waals surface area contributed by atoms with Gasteiger partial charge in [0.25, 0.3) is 0 Å². The first-order chi connectivity index (χ1) is 5.95. The largest absolute Gasteiger partial charge is 0.394 e. The second-order valence-electron chi connectivity index (χ2n) is 2.89. The molecule has 0 radical (unpaired) electrons. The molecule has 0 aromatic rings. The second-order valence-corrected chi connectivity index (χ2v) is 2.89. The summed E-state index contributed by atoms with van der Waals surface area (Å²) in [7, 11) is 0. The lowest BCUT2D eigenvalue weighted by atomic mass is 10.2. The number of rotatable bonds is 2. The smallest absolute Gasteiger partial charge is 0.0587 e. The average Bonchev–Trinajstić information content (AvgIpc) is 2.03. The molecule has 3 nitrogen and oxygen atoms in total. The lowest BCUT2D eigenvalue weighted by molar-refractivity contribution is 0.216. The van der Waals surface area contributed by atoms with Crippen molar-refractivity contribution in [3.63, 3.8) is 0 Å². The predicted octanol–water partition coefficient (Wildman–Crippen LogP) is 2.05. The summed E-state index contributed by atoms with van der Waals surface area (Å²) in [5, 5.41) is 15.4. The topological polar surface area (TPSA) is 70.0 Å². The monoisotopic (exact) mass is 188 g/mol. The molecule has 0 fully saturated rings. The van der Waals surface area contributed by atoms with E-state index in [0.29, 0.717) is 6.04 Å². The zero-order valence-corrected chi connectivity index (χ0v) is 9.54. The van der Waals surface area contributed by atoms with E-state index in [-0.39, 0.29) is 6.10 Å². The van der Waals surface area contributed by atoms with Gasteiger partial charge in [-0.15, -0.1) is 0 Å². The summed E-state index contributed by atoms with van der Waals surface area (Å²) in [4.78, 5) is 0. The summed E-state index contributed by atoms with van der Waals surface area (Å²) < 4.78 is 0. The molecule has 3 N–H and O–H groups in total. The minimum absolute atomic E-state index is 0.167. The Kier molecular flexibility index (Phi) is 24.5. The second kappa shape index (κ2) is 17.5. The summed E-state index contributed by atoms with van der Waals surface area (Å²) in [6, 6.07) is 2.19. The van der Waals surface area contributed by atoms with E-state index < -0.39 is 0 Å². The number of aliphatic hydroxyl groups excluding tert-OH is 1. The van der Waals surface area contributed by atoms with E-state index in [2.05, 4.69) is 13.8 Å². The Morgan fingerprint density at radius 3 is 1.46 bits per heavy atom. The molecule has 0 aliphatic carbocycles. The number of aliphatic hydroxyl groups is 1. The molecule has 0 atom stereocenters. The van der Waals surface area contributed by atoms with Crippen molar-refractivity contribution in [2.75, 3.05) is 0 Å². The van der Waals surface area contributed by atoms with Crippen LogP contribution in [0.1, 0.15) is 47.5 Å². The highest BCUT2D eigenvalue weighted by Crippen LogP contribution is 1.88. The Morgan fingerprint density at radius 1 is 1.31 bits per heavy atom. The summed E-state index contributed by atoms with van der Waals surface area (Å²) in [5.41, 5.74) is 5.47. The van der Waals surface area contributed by atoms with Crippen LogP contribution < -0.4 is 5.73 Å². The Hall–Kier alpha value is -0.590. The first-order valence-corrected chi connectivity index (χ1v) is 4.70. The van der Waals surface area contributed by atoms with Crippen molar-refractivity contribution in [2.45, 2.75) is 59.6 Å². The van der Waals surface area contributed by atoms with E-state index >= 15 is 0 Å². The van der Waals surface area contributed by atoms with Crippen molar-refractivity contribution in [3.8, 4) is 6.07 Å². The zero-order valence-electron chi connectivity index (χ0n) is 9.54. The van der Waals surface area contributed by atoms with Crippen molar-refractivity contribution in [3.05, 3.63) is 0 Å². The van der Waals surface area contributed by atoms with Gasteiger partial charge in [-0.1, -0.05) is 13.8 Å². The molecule has 0 aromatic heterocycles. The van der Waals surface area contributed by atoms with Gasteiger partial charge in [0.1, 0.15) is 0 Å². The summed E-state index contributed by atoms with van der Waals surface area (Å²) in [6.07, 6.45) is 2.05. The highest BCUT2D eigenvalue weighted by molar-refractivity contribution is 4.51. The molecule has 0 saturated carbocycles. The highest BCUT2D eigenvalue weighted by Gasteiger charge is 1.88. The molecule has 0 rings (SSSR count). The van der Waals surface area contributed by atoms with Crippen LogP contribution in [0.3, 0.4) is 0 Å². The van der Waals surface area contributed by atoms with E-state index in [0.717, 1.165) is 12.8 Å². The van der Waals surface area contributed by atoms with Gasteiger partial charge in [-0.05, 0) is 26.7 Å². The molecule has 0 aliphatic rings. The Labute approximate surface area is 82.6 Å². The summed E-state index contributed by atoms with van der Waals surface area (Å²) in [6.45, 7) is 9.09. The first kappa shape index (κ1) is 18.2. The van der Waals surface area contributed by atoms with E-state index in [1.807, 2.05) is 0 Å². The fourth-order valence-electron chi connectivity index (χ4n) is 0.289. The maximum absolute atomic E-state index is 8.06. The minimum Gasteiger partial charge on any atom is -0.394 e. The maximum atomic E-state index is 8.06. The van der Waals surface area contributed by atoms with Gasteiger partial charge in [-0.25, -0.2) is 0 Å². The van der Waals surface area contributed by atoms with Gasteiger partial charge in [0.2, 0.25) is 0 Å². The van der Waals surface area contributed by atoms with E-state index in [1.54, 1.807) is 19.9 Å². The molecule has 80 valence electrons. The highest BCUT2D eigenvalue weighted by atomic mass is 16.3. The molecule has 0 bridgehead atoms. The van der Waals surface area contributed by atoms with Crippen LogP contribution in [0.4, 0.5) is 0 Å². The normalized spacial score (nSPS) is 8.00. The van der Waals surface area contributed by atoms with Gasteiger partial charge < -0.3 is 10.8 Å². The third kappa shape index (κ3) is 86.9. The molecular weight excluding hydrogens is 164 g/mol. The summed E-state index contributed by atoms with van der Waals surface area (Å²) >= 11 is 0. The predicted molar refractivity (Wildman–Crippen MR) is 57.2 cm³/mol. The molecule has 13 heavy (non-hydrogen) atoms. The van der Waals surface area contributed by atoms with Gasteiger partial charge in [0, 0.05) is 19.1 Å². The Balaban J connectivity index is -0.000000125. The third-order valence-electron chi connectivity index (χ3n) is 1.05. The van der Waals surface area contributed by atoms with Crippen molar-refractivity contribution in [2.24, 2.45) is 5.73 Å². The zero-order chi connectivity index (χ0) is 11.3. The SMILES string of the molecule is CC#N.CC(C)O.CCC(N)CC. The molecular formula is C10H24N2O. The number of hydrogen-bond acceptors (Lipinski definition) is 3. The molecule has 0 amide bonds. The lowest BCUT2D eigenvalue weighted by Crippen LogP contribution is -2.16. The quantitative estimate of drug-likeness (QED) is 0.696. The van der Waals surface area contributed by atoms with Gasteiger partial charge in [-0.2, -0.15) is 5.26 Å². The first-order valence-electron chi connectivity index (χ1n) is 4.70. The van der Waals surface area contributed by atoms with Crippen LogP contribution in [-0.2, 0) is 0 Å². The maximum Gasteiger partial charge on any atom is 0.0587 e. The van der Waals surface area contributed by atoms with Crippen molar-refractivity contribution < 1.29 is 5.11 Å². The third-order valence-corrected chi connectivity index (χ3v) is 1.05. The molecule has 0 unspecified atom stereocenters. The van der Waals surface area contributed by atoms with Crippen LogP contribution in [0.5, 0.6) is 0 Å². The fourth-order valence-corrected chi connectivity index (χ4v) is 0.289. The van der Waals surface area contributed by atoms with E-state index in [1.165, 1.54) is 6.92 Å². The van der Waals surface area contributed by atoms with Gasteiger partial charge in [0.15, 0.2) is 0 Å². The number of hydrogen-bond donors (Lipinski definition) is 2. The number of nitriles is 1. The van der Waals surface area contributed by atoms with Crippen LogP contribution in [-0.4, -0.2) is 17.3 Å². The Morgan fingerprint density at radius 2 is 1.46 bits per heavy atom. The molecule has 0 aliphatic heterocycles. The average molecular weight is 188 g/mol. The number of nitrogens with two attached hydrogens (primary N) is 1. The molecule has 0 heterocycles. The minimum atomic E-state index is -0.167. The van der Waals surface area contributed by atoms with E-state index in [9.17, 15) is 0 Å². The molecule has 0 spiro atoms. The van der Waals surface area contributed by atoms with Crippen LogP contribution >= 0.6 is 0 Å².